The first-order chi connectivity index (χ1) is 14.3. The summed E-state index contributed by atoms with van der Waals surface area (Å²) in [5.41, 5.74) is -1.59. The lowest BCUT2D eigenvalue weighted by Gasteiger charge is -2.13. The first-order valence-electron chi connectivity index (χ1n) is 8.63. The number of halogens is 3. The van der Waals surface area contributed by atoms with Crippen molar-refractivity contribution < 1.29 is 32.4 Å². The van der Waals surface area contributed by atoms with Crippen molar-refractivity contribution in [3.05, 3.63) is 82.4 Å². The summed E-state index contributed by atoms with van der Waals surface area (Å²) in [6, 6.07) is 10.5. The summed E-state index contributed by atoms with van der Waals surface area (Å²) in [6.07, 6.45) is -3.18. The van der Waals surface area contributed by atoms with Crippen molar-refractivity contribution in [1.29, 1.82) is 0 Å². The van der Waals surface area contributed by atoms with Crippen molar-refractivity contribution in [2.75, 3.05) is 0 Å². The maximum atomic E-state index is 13.8. The summed E-state index contributed by atoms with van der Waals surface area (Å²) in [5.74, 6) is -3.83. The van der Waals surface area contributed by atoms with Crippen LogP contribution < -0.4 is 0 Å². The number of carbonyl (C=O) groups excluding carboxylic acids is 3. The molecule has 0 saturated carbocycles. The van der Waals surface area contributed by atoms with Crippen molar-refractivity contribution in [2.45, 2.75) is 13.3 Å². The Morgan fingerprint density at radius 3 is 2.23 bits per heavy atom. The Bertz CT molecular complexity index is 1170. The number of benzene rings is 2. The van der Waals surface area contributed by atoms with E-state index in [2.05, 4.69) is 5.10 Å². The number of nitrogens with zero attached hydrogens (tertiary/aromatic N) is 3. The van der Waals surface area contributed by atoms with Crippen LogP contribution in [0.25, 0.3) is 5.69 Å². The smallest absolute Gasteiger partial charge is 0.324 e. The van der Waals surface area contributed by atoms with E-state index in [1.54, 1.807) is 0 Å². The molecule has 30 heavy (non-hydrogen) atoms. The van der Waals surface area contributed by atoms with Gasteiger partial charge in [-0.05, 0) is 37.3 Å². The fourth-order valence-corrected chi connectivity index (χ4v) is 3.18. The molecule has 0 atom stereocenters. The minimum absolute atomic E-state index is 0.0246. The highest BCUT2D eigenvalue weighted by Gasteiger charge is 2.40. The monoisotopic (exact) mass is 415 g/mol. The van der Waals surface area contributed by atoms with Gasteiger partial charge in [0.25, 0.3) is 18.2 Å². The summed E-state index contributed by atoms with van der Waals surface area (Å²) < 4.78 is 41.9. The first-order valence-corrected chi connectivity index (χ1v) is 8.63. The Morgan fingerprint density at radius 1 is 1.03 bits per heavy atom. The fourth-order valence-electron chi connectivity index (χ4n) is 3.18. The Kier molecular flexibility index (Phi) is 4.61. The summed E-state index contributed by atoms with van der Waals surface area (Å²) in [4.78, 5) is 42.3. The van der Waals surface area contributed by atoms with Crippen LogP contribution in [0.4, 0.5) is 13.2 Å². The molecule has 0 unspecified atom stereocenters. The van der Waals surface area contributed by atoms with Gasteiger partial charge in [0.05, 0.1) is 22.5 Å². The molecule has 0 saturated heterocycles. The molecule has 152 valence electrons. The lowest BCUT2D eigenvalue weighted by molar-refractivity contribution is -0.0588. The molecule has 1 aromatic heterocycles. The maximum absolute atomic E-state index is 13.8. The Labute approximate surface area is 167 Å². The highest BCUT2D eigenvalue weighted by molar-refractivity contribution is 6.21. The van der Waals surface area contributed by atoms with Gasteiger partial charge >= 0.3 is 5.97 Å². The lowest BCUT2D eigenvalue weighted by atomic mass is 10.1. The maximum Gasteiger partial charge on any atom is 0.367 e. The summed E-state index contributed by atoms with van der Waals surface area (Å²) >= 11 is 0. The topological polar surface area (TPSA) is 81.5 Å². The molecule has 2 heterocycles. The molecule has 7 nitrogen and oxygen atoms in total. The number of carbonyl (C=O) groups is 3. The number of hydrogen-bond donors (Lipinski definition) is 0. The molecular formula is C20H12F3N3O4. The van der Waals surface area contributed by atoms with Crippen molar-refractivity contribution in [1.82, 2.24) is 14.8 Å². The average Bonchev–Trinajstić information content (AvgIpc) is 3.19. The van der Waals surface area contributed by atoms with E-state index < -0.39 is 41.3 Å². The number of aromatic nitrogens is 2. The standard InChI is InChI=1S/C20H12F3N3O4/c1-10-15(16(17(22)23)25(24-10)12-6-4-5-11(21)9-12)20(29)30-26-18(27)13-7-2-3-8-14(13)19(26)28/h2-9,17H,1H3. The van der Waals surface area contributed by atoms with E-state index in [1.165, 1.54) is 43.3 Å². The van der Waals surface area contributed by atoms with Crippen LogP contribution >= 0.6 is 0 Å². The van der Waals surface area contributed by atoms with Crippen LogP contribution in [0.1, 0.15) is 48.9 Å². The van der Waals surface area contributed by atoms with E-state index >= 15 is 0 Å². The van der Waals surface area contributed by atoms with Crippen LogP contribution in [-0.2, 0) is 4.84 Å². The Hall–Kier alpha value is -3.95. The highest BCUT2D eigenvalue weighted by atomic mass is 19.3. The van der Waals surface area contributed by atoms with Crippen LogP contribution in [0.5, 0.6) is 0 Å². The second kappa shape index (κ2) is 7.14. The van der Waals surface area contributed by atoms with Crippen molar-refractivity contribution >= 4 is 17.8 Å². The molecule has 0 aliphatic carbocycles. The molecule has 1 aliphatic rings. The predicted octanol–water partition coefficient (Wildman–Crippen LogP) is 3.63. The highest BCUT2D eigenvalue weighted by Crippen LogP contribution is 2.30. The molecule has 0 fully saturated rings. The van der Waals surface area contributed by atoms with E-state index in [1.807, 2.05) is 0 Å². The largest absolute Gasteiger partial charge is 0.367 e. The van der Waals surface area contributed by atoms with Gasteiger partial charge in [-0.25, -0.2) is 22.6 Å². The zero-order valence-electron chi connectivity index (χ0n) is 15.3. The number of hydroxylamine groups is 2. The quantitative estimate of drug-likeness (QED) is 0.608. The zero-order valence-corrected chi connectivity index (χ0v) is 15.3. The third kappa shape index (κ3) is 3.02. The fraction of sp³-hybridized carbons (Fsp3) is 0.100. The molecule has 3 aromatic rings. The molecule has 4 rings (SSSR count). The number of imide groups is 1. The van der Waals surface area contributed by atoms with Gasteiger partial charge in [-0.1, -0.05) is 23.3 Å². The second-order valence-electron chi connectivity index (χ2n) is 6.37. The Balaban J connectivity index is 1.72. The second-order valence-corrected chi connectivity index (χ2v) is 6.37. The molecule has 2 aromatic carbocycles. The molecule has 10 heteroatoms. The van der Waals surface area contributed by atoms with Crippen molar-refractivity contribution in [2.24, 2.45) is 0 Å². The molecule has 0 spiro atoms. The Morgan fingerprint density at radius 2 is 1.67 bits per heavy atom. The van der Waals surface area contributed by atoms with Gasteiger partial charge in [0.2, 0.25) is 0 Å². The predicted molar refractivity (Wildman–Crippen MR) is 95.6 cm³/mol. The number of hydrogen-bond acceptors (Lipinski definition) is 5. The number of amides is 2. The average molecular weight is 415 g/mol. The van der Waals surface area contributed by atoms with Crippen LogP contribution in [0, 0.1) is 12.7 Å². The van der Waals surface area contributed by atoms with Crippen molar-refractivity contribution in [3.8, 4) is 5.69 Å². The zero-order chi connectivity index (χ0) is 21.6. The SMILES string of the molecule is Cc1nn(-c2cccc(F)c2)c(C(F)F)c1C(=O)ON1C(=O)c2ccccc2C1=O. The number of aryl methyl sites for hydroxylation is 1. The number of alkyl halides is 2. The normalized spacial score (nSPS) is 13.2. The van der Waals surface area contributed by atoms with Crippen LogP contribution in [-0.4, -0.2) is 32.6 Å². The first kappa shape index (κ1) is 19.4. The van der Waals surface area contributed by atoms with Gasteiger partial charge in [-0.15, -0.1) is 0 Å². The summed E-state index contributed by atoms with van der Waals surface area (Å²) in [6.45, 7) is 1.28. The van der Waals surface area contributed by atoms with Crippen LogP contribution in [0.2, 0.25) is 0 Å². The lowest BCUT2D eigenvalue weighted by Crippen LogP contribution is -2.33. The van der Waals surface area contributed by atoms with Crippen LogP contribution in [0.15, 0.2) is 48.5 Å². The van der Waals surface area contributed by atoms with Gasteiger partial charge in [0, 0.05) is 0 Å². The molecular weight excluding hydrogens is 403 g/mol. The van der Waals surface area contributed by atoms with Gasteiger partial charge in [0.1, 0.15) is 17.1 Å². The third-order valence-corrected chi connectivity index (χ3v) is 4.49. The van der Waals surface area contributed by atoms with E-state index in [4.69, 9.17) is 4.84 Å². The van der Waals surface area contributed by atoms with Crippen LogP contribution in [0.3, 0.4) is 0 Å². The van der Waals surface area contributed by atoms with E-state index in [0.717, 1.165) is 16.8 Å². The molecule has 2 amide bonds. The summed E-state index contributed by atoms with van der Waals surface area (Å²) in [5, 5.41) is 4.12. The van der Waals surface area contributed by atoms with Gasteiger partial charge in [-0.3, -0.25) is 9.59 Å². The molecule has 0 radical (unpaired) electrons. The van der Waals surface area contributed by atoms with Gasteiger partial charge < -0.3 is 4.84 Å². The van der Waals surface area contributed by atoms with Crippen molar-refractivity contribution in [3.63, 3.8) is 0 Å². The third-order valence-electron chi connectivity index (χ3n) is 4.49. The van der Waals surface area contributed by atoms with Gasteiger partial charge in [-0.2, -0.15) is 5.10 Å². The van der Waals surface area contributed by atoms with Gasteiger partial charge in [0.15, 0.2) is 0 Å². The number of rotatable bonds is 4. The molecule has 0 bridgehead atoms. The minimum atomic E-state index is -3.18. The molecule has 1 aliphatic heterocycles. The van der Waals surface area contributed by atoms with E-state index in [-0.39, 0.29) is 27.6 Å². The number of fused-ring (bicyclic) bond motifs is 1. The van der Waals surface area contributed by atoms with E-state index in [0.29, 0.717) is 0 Å². The molecule has 0 N–H and O–H groups in total. The van der Waals surface area contributed by atoms with E-state index in [9.17, 15) is 27.6 Å². The minimum Gasteiger partial charge on any atom is -0.324 e. The summed E-state index contributed by atoms with van der Waals surface area (Å²) in [7, 11) is 0.